The molecule has 7 nitrogen and oxygen atoms in total. The average molecular weight is 413 g/mol. The Balaban J connectivity index is 1.66. The number of nitrogens with one attached hydrogen (secondary N) is 2. The molecule has 0 bridgehead atoms. The molecular weight excluding hydrogens is 380 g/mol. The molecule has 158 valence electrons. The smallest absolute Gasteiger partial charge is 0.224 e. The molecule has 0 atom stereocenters. The van der Waals surface area contributed by atoms with E-state index in [0.29, 0.717) is 25.8 Å². The third-order valence-electron chi connectivity index (χ3n) is 4.54. The average Bonchev–Trinajstić information content (AvgIpc) is 2.63. The summed E-state index contributed by atoms with van der Waals surface area (Å²) in [5.74, 6) is 0.702. The molecular formula is C20H32N2O5S. The third-order valence-corrected chi connectivity index (χ3v) is 6.73. The van der Waals surface area contributed by atoms with Crippen molar-refractivity contribution in [2.24, 2.45) is 0 Å². The minimum atomic E-state index is -3.33. The van der Waals surface area contributed by atoms with Gasteiger partial charge in [0.25, 0.3) is 0 Å². The lowest BCUT2D eigenvalue weighted by Crippen LogP contribution is -2.39. The number of rotatable bonds is 9. The van der Waals surface area contributed by atoms with E-state index in [-0.39, 0.29) is 12.0 Å². The van der Waals surface area contributed by atoms with Crippen LogP contribution in [0.15, 0.2) is 24.3 Å². The quantitative estimate of drug-likeness (QED) is 0.608. The first-order valence-electron chi connectivity index (χ1n) is 9.81. The van der Waals surface area contributed by atoms with Gasteiger partial charge in [0.1, 0.15) is 11.9 Å². The van der Waals surface area contributed by atoms with E-state index < -0.39 is 14.8 Å². The fourth-order valence-electron chi connectivity index (χ4n) is 2.66. The molecule has 1 aliphatic rings. The number of ether oxygens (including phenoxy) is 2. The topological polar surface area (TPSA) is 93.7 Å². The molecule has 2 N–H and O–H groups in total. The maximum absolute atomic E-state index is 12.0. The highest BCUT2D eigenvalue weighted by Gasteiger charge is 2.27. The van der Waals surface area contributed by atoms with Crippen molar-refractivity contribution in [1.29, 1.82) is 0 Å². The summed E-state index contributed by atoms with van der Waals surface area (Å²) in [6, 6.07) is 7.35. The third kappa shape index (κ3) is 7.41. The fraction of sp³-hybridized carbons (Fsp3) is 0.650. The summed E-state index contributed by atoms with van der Waals surface area (Å²) in [4.78, 5) is 12.0. The Labute approximate surface area is 168 Å². The lowest BCUT2D eigenvalue weighted by Gasteiger charge is -2.23. The molecule has 1 aromatic rings. The van der Waals surface area contributed by atoms with Gasteiger partial charge in [-0.05, 0) is 57.9 Å². The van der Waals surface area contributed by atoms with Crippen LogP contribution in [0.4, 0.5) is 5.69 Å². The summed E-state index contributed by atoms with van der Waals surface area (Å²) in [7, 11) is -3.33. The summed E-state index contributed by atoms with van der Waals surface area (Å²) in [5.41, 5.74) is 0.720. The molecule has 1 aliphatic heterocycles. The number of hydrogen-bond donors (Lipinski definition) is 2. The van der Waals surface area contributed by atoms with Crippen molar-refractivity contribution in [3.8, 4) is 5.75 Å². The SMILES string of the molecule is CC(C)(C)S(=O)(=O)NCCCCC(=O)Nc1ccc(OC2CCOCC2)cc1. The van der Waals surface area contributed by atoms with Crippen LogP contribution in [0.5, 0.6) is 5.75 Å². The predicted octanol–water partition coefficient (Wildman–Crippen LogP) is 3.07. The molecule has 1 heterocycles. The molecule has 0 aromatic heterocycles. The molecule has 28 heavy (non-hydrogen) atoms. The minimum absolute atomic E-state index is 0.0863. The van der Waals surface area contributed by atoms with Crippen molar-refractivity contribution in [3.05, 3.63) is 24.3 Å². The molecule has 1 amide bonds. The maximum atomic E-state index is 12.0. The first kappa shape index (κ1) is 22.6. The first-order chi connectivity index (χ1) is 13.2. The van der Waals surface area contributed by atoms with Crippen LogP contribution in [0.1, 0.15) is 52.9 Å². The molecule has 1 aromatic carbocycles. The standard InChI is InChI=1S/C20H32N2O5S/c1-20(2,3)28(24,25)21-13-5-4-6-19(23)22-16-7-9-17(10-8-16)27-18-11-14-26-15-12-18/h7-10,18,21H,4-6,11-15H2,1-3H3,(H,22,23). The van der Waals surface area contributed by atoms with Gasteiger partial charge in [0.05, 0.1) is 18.0 Å². The monoisotopic (exact) mass is 412 g/mol. The molecule has 0 unspecified atom stereocenters. The second kappa shape index (κ2) is 10.2. The van der Waals surface area contributed by atoms with E-state index in [0.717, 1.165) is 37.5 Å². The lowest BCUT2D eigenvalue weighted by molar-refractivity contribution is -0.116. The van der Waals surface area contributed by atoms with E-state index in [9.17, 15) is 13.2 Å². The predicted molar refractivity (Wildman–Crippen MR) is 110 cm³/mol. The summed E-state index contributed by atoms with van der Waals surface area (Å²) >= 11 is 0. The summed E-state index contributed by atoms with van der Waals surface area (Å²) in [6.07, 6.45) is 3.54. The Morgan fingerprint density at radius 3 is 2.39 bits per heavy atom. The number of sulfonamides is 1. The normalized spacial score (nSPS) is 16.0. The number of carbonyl (C=O) groups excluding carboxylic acids is 1. The van der Waals surface area contributed by atoms with Crippen LogP contribution in [0.25, 0.3) is 0 Å². The zero-order chi connectivity index (χ0) is 20.6. The zero-order valence-electron chi connectivity index (χ0n) is 17.0. The summed E-state index contributed by atoms with van der Waals surface area (Å²) < 4.78 is 36.9. The molecule has 1 fully saturated rings. The number of hydrogen-bond acceptors (Lipinski definition) is 5. The second-order valence-electron chi connectivity index (χ2n) is 7.97. The highest BCUT2D eigenvalue weighted by Crippen LogP contribution is 2.20. The Morgan fingerprint density at radius 2 is 1.79 bits per heavy atom. The van der Waals surface area contributed by atoms with Gasteiger partial charge in [0.2, 0.25) is 15.9 Å². The largest absolute Gasteiger partial charge is 0.490 e. The van der Waals surface area contributed by atoms with Crippen LogP contribution in [-0.2, 0) is 19.6 Å². The molecule has 0 spiro atoms. The van der Waals surface area contributed by atoms with Crippen LogP contribution in [0, 0.1) is 0 Å². The van der Waals surface area contributed by atoms with E-state index in [1.54, 1.807) is 20.8 Å². The number of unbranched alkanes of at least 4 members (excludes halogenated alkanes) is 1. The Kier molecular flexibility index (Phi) is 8.27. The molecule has 8 heteroatoms. The molecule has 2 rings (SSSR count). The number of anilines is 1. The van der Waals surface area contributed by atoms with Crippen molar-refractivity contribution in [3.63, 3.8) is 0 Å². The van der Waals surface area contributed by atoms with E-state index in [1.807, 2.05) is 24.3 Å². The highest BCUT2D eigenvalue weighted by molar-refractivity contribution is 7.90. The lowest BCUT2D eigenvalue weighted by atomic mass is 10.1. The Hall–Kier alpha value is -1.64. The van der Waals surface area contributed by atoms with Gasteiger partial charge >= 0.3 is 0 Å². The fourth-order valence-corrected chi connectivity index (χ4v) is 3.51. The molecule has 1 saturated heterocycles. The molecule has 0 radical (unpaired) electrons. The number of benzene rings is 1. The van der Waals surface area contributed by atoms with E-state index in [2.05, 4.69) is 10.0 Å². The molecule has 0 saturated carbocycles. The van der Waals surface area contributed by atoms with Crippen LogP contribution in [0.2, 0.25) is 0 Å². The summed E-state index contributed by atoms with van der Waals surface area (Å²) in [5, 5.41) is 2.85. The molecule has 0 aliphatic carbocycles. The van der Waals surface area contributed by atoms with Gasteiger partial charge in [-0.3, -0.25) is 4.79 Å². The highest BCUT2D eigenvalue weighted by atomic mass is 32.2. The van der Waals surface area contributed by atoms with Crippen LogP contribution in [-0.4, -0.2) is 44.9 Å². The van der Waals surface area contributed by atoms with Gasteiger partial charge in [-0.1, -0.05) is 0 Å². The first-order valence-corrected chi connectivity index (χ1v) is 11.3. The van der Waals surface area contributed by atoms with E-state index in [1.165, 1.54) is 0 Å². The van der Waals surface area contributed by atoms with Gasteiger partial charge in [-0.15, -0.1) is 0 Å². The minimum Gasteiger partial charge on any atom is -0.490 e. The van der Waals surface area contributed by atoms with Crippen molar-refractivity contribution < 1.29 is 22.7 Å². The zero-order valence-corrected chi connectivity index (χ0v) is 17.8. The van der Waals surface area contributed by atoms with E-state index in [4.69, 9.17) is 9.47 Å². The Morgan fingerprint density at radius 1 is 1.14 bits per heavy atom. The number of amides is 1. The van der Waals surface area contributed by atoms with E-state index >= 15 is 0 Å². The van der Waals surface area contributed by atoms with Gasteiger partial charge in [-0.25, -0.2) is 13.1 Å². The maximum Gasteiger partial charge on any atom is 0.224 e. The van der Waals surface area contributed by atoms with Crippen molar-refractivity contribution >= 4 is 21.6 Å². The summed E-state index contributed by atoms with van der Waals surface area (Å²) in [6.45, 7) is 6.77. The van der Waals surface area contributed by atoms with Crippen LogP contribution >= 0.6 is 0 Å². The van der Waals surface area contributed by atoms with Crippen LogP contribution in [0.3, 0.4) is 0 Å². The van der Waals surface area contributed by atoms with Crippen molar-refractivity contribution in [2.45, 2.75) is 63.7 Å². The van der Waals surface area contributed by atoms with Crippen molar-refractivity contribution in [1.82, 2.24) is 4.72 Å². The van der Waals surface area contributed by atoms with Crippen LogP contribution < -0.4 is 14.8 Å². The van der Waals surface area contributed by atoms with Gasteiger partial charge in [0.15, 0.2) is 0 Å². The van der Waals surface area contributed by atoms with Gasteiger partial charge < -0.3 is 14.8 Å². The van der Waals surface area contributed by atoms with Gasteiger partial charge in [-0.2, -0.15) is 0 Å². The number of carbonyl (C=O) groups is 1. The second-order valence-corrected chi connectivity index (χ2v) is 10.5. The van der Waals surface area contributed by atoms with Crippen molar-refractivity contribution in [2.75, 3.05) is 25.1 Å². The Bertz CT molecular complexity index is 720. The van der Waals surface area contributed by atoms with Gasteiger partial charge in [0, 0.05) is 31.5 Å².